The number of carbonyl (C=O) groups is 1. The lowest BCUT2D eigenvalue weighted by molar-refractivity contribution is -0.128. The summed E-state index contributed by atoms with van der Waals surface area (Å²) in [5, 5.41) is 7.43. The van der Waals surface area contributed by atoms with Crippen LogP contribution in [-0.4, -0.2) is 42.7 Å². The molecule has 0 atom stereocenters. The molecule has 2 aromatic rings. The third-order valence-corrected chi connectivity index (χ3v) is 5.99. The van der Waals surface area contributed by atoms with Crippen LogP contribution in [0.4, 0.5) is 0 Å². The number of carbonyl (C=O) groups excluding carboxylic acids is 1. The van der Waals surface area contributed by atoms with Crippen LogP contribution in [-0.2, 0) is 17.9 Å². The van der Waals surface area contributed by atoms with Gasteiger partial charge in [-0.1, -0.05) is 35.9 Å². The topological polar surface area (TPSA) is 56.7 Å². The number of benzene rings is 2. The van der Waals surface area contributed by atoms with Crippen molar-refractivity contribution in [2.45, 2.75) is 30.8 Å². The van der Waals surface area contributed by atoms with Gasteiger partial charge in [0.1, 0.15) is 0 Å². The molecule has 2 aromatic carbocycles. The van der Waals surface area contributed by atoms with E-state index in [0.717, 1.165) is 36.2 Å². The van der Waals surface area contributed by atoms with Crippen LogP contribution in [0.5, 0.6) is 0 Å². The molecule has 1 saturated heterocycles. The van der Waals surface area contributed by atoms with Crippen LogP contribution in [0.2, 0.25) is 5.02 Å². The highest BCUT2D eigenvalue weighted by Crippen LogP contribution is 2.19. The lowest BCUT2D eigenvalue weighted by Crippen LogP contribution is -2.37. The molecule has 162 valence electrons. The number of nitrogens with zero attached hydrogens (tertiary/aromatic N) is 2. The van der Waals surface area contributed by atoms with Crippen LogP contribution < -0.4 is 10.6 Å². The Hall–Kier alpha value is -1.45. The highest BCUT2D eigenvalue weighted by atomic mass is 127. The average molecular weight is 559 g/mol. The Labute approximate surface area is 205 Å². The van der Waals surface area contributed by atoms with E-state index >= 15 is 0 Å². The maximum absolute atomic E-state index is 11.7. The first kappa shape index (κ1) is 24.8. The van der Waals surface area contributed by atoms with Crippen molar-refractivity contribution in [3.63, 3.8) is 0 Å². The minimum atomic E-state index is 0. The first-order valence-electron chi connectivity index (χ1n) is 9.82. The van der Waals surface area contributed by atoms with Gasteiger partial charge < -0.3 is 15.5 Å². The summed E-state index contributed by atoms with van der Waals surface area (Å²) in [6.07, 6.45) is 1.66. The molecular formula is C22H28ClIN4OS. The maximum Gasteiger partial charge on any atom is 0.222 e. The smallest absolute Gasteiger partial charge is 0.222 e. The van der Waals surface area contributed by atoms with E-state index < -0.39 is 0 Å². The molecule has 2 N–H and O–H groups in total. The molecule has 0 radical (unpaired) electrons. The SMILES string of the molecule is CN=C(NCCSc1ccc(Cl)cc1)NCc1ccc(CN2CCCC2=O)cc1.I. The van der Waals surface area contributed by atoms with E-state index in [2.05, 4.69) is 39.9 Å². The predicted octanol–water partition coefficient (Wildman–Crippen LogP) is 4.54. The van der Waals surface area contributed by atoms with E-state index in [0.29, 0.717) is 19.5 Å². The fourth-order valence-electron chi connectivity index (χ4n) is 3.13. The van der Waals surface area contributed by atoms with Gasteiger partial charge in [0.2, 0.25) is 5.91 Å². The van der Waals surface area contributed by atoms with Gasteiger partial charge in [-0.05, 0) is 41.8 Å². The summed E-state index contributed by atoms with van der Waals surface area (Å²) >= 11 is 7.69. The summed E-state index contributed by atoms with van der Waals surface area (Å²) in [7, 11) is 1.78. The molecule has 0 spiro atoms. The van der Waals surface area contributed by atoms with Crippen molar-refractivity contribution in [2.75, 3.05) is 25.9 Å². The van der Waals surface area contributed by atoms with E-state index in [1.54, 1.807) is 18.8 Å². The van der Waals surface area contributed by atoms with E-state index in [1.165, 1.54) is 16.0 Å². The first-order chi connectivity index (χ1) is 14.1. The molecule has 1 fully saturated rings. The number of hydrogen-bond donors (Lipinski definition) is 2. The zero-order valence-electron chi connectivity index (χ0n) is 17.1. The molecule has 1 aliphatic heterocycles. The van der Waals surface area contributed by atoms with Gasteiger partial charge in [-0.15, -0.1) is 35.7 Å². The minimum absolute atomic E-state index is 0. The second kappa shape index (κ2) is 13.1. The van der Waals surface area contributed by atoms with Gasteiger partial charge in [-0.3, -0.25) is 9.79 Å². The molecular weight excluding hydrogens is 531 g/mol. The van der Waals surface area contributed by atoms with Crippen LogP contribution in [0.25, 0.3) is 0 Å². The van der Waals surface area contributed by atoms with Crippen LogP contribution in [0.1, 0.15) is 24.0 Å². The Morgan fingerprint density at radius 1 is 1.10 bits per heavy atom. The first-order valence-corrected chi connectivity index (χ1v) is 11.2. The molecule has 30 heavy (non-hydrogen) atoms. The Balaban J connectivity index is 0.00000320. The molecule has 0 saturated carbocycles. The summed E-state index contributed by atoms with van der Waals surface area (Å²) in [4.78, 5) is 19.2. The number of thioether (sulfide) groups is 1. The lowest BCUT2D eigenvalue weighted by atomic mass is 10.1. The second-order valence-corrected chi connectivity index (χ2v) is 8.50. The van der Waals surface area contributed by atoms with Gasteiger partial charge >= 0.3 is 0 Å². The van der Waals surface area contributed by atoms with Gasteiger partial charge in [0.15, 0.2) is 5.96 Å². The molecule has 1 aliphatic rings. The molecule has 8 heteroatoms. The van der Waals surface area contributed by atoms with Crippen molar-refractivity contribution in [3.05, 3.63) is 64.7 Å². The average Bonchev–Trinajstić information content (AvgIpc) is 3.14. The van der Waals surface area contributed by atoms with Gasteiger partial charge in [0.25, 0.3) is 0 Å². The summed E-state index contributed by atoms with van der Waals surface area (Å²) in [5.74, 6) is 1.99. The summed E-state index contributed by atoms with van der Waals surface area (Å²) in [6.45, 7) is 3.10. The molecule has 0 unspecified atom stereocenters. The van der Waals surface area contributed by atoms with E-state index in [1.807, 2.05) is 29.2 Å². The molecule has 3 rings (SSSR count). The van der Waals surface area contributed by atoms with E-state index in [9.17, 15) is 4.79 Å². The number of nitrogens with one attached hydrogen (secondary N) is 2. The number of aliphatic imine (C=N–C) groups is 1. The van der Waals surface area contributed by atoms with Gasteiger partial charge in [-0.25, -0.2) is 0 Å². The molecule has 1 amide bonds. The third-order valence-electron chi connectivity index (χ3n) is 4.73. The highest BCUT2D eigenvalue weighted by molar-refractivity contribution is 14.0. The molecule has 0 aromatic heterocycles. The van der Waals surface area contributed by atoms with Crippen LogP contribution >= 0.6 is 47.3 Å². The number of rotatable bonds is 8. The molecule has 5 nitrogen and oxygen atoms in total. The Morgan fingerprint density at radius 3 is 2.43 bits per heavy atom. The fourth-order valence-corrected chi connectivity index (χ4v) is 4.02. The van der Waals surface area contributed by atoms with E-state index in [4.69, 9.17) is 11.6 Å². The van der Waals surface area contributed by atoms with Gasteiger partial charge in [-0.2, -0.15) is 0 Å². The Kier molecular flexibility index (Phi) is 10.8. The normalized spacial score (nSPS) is 13.9. The van der Waals surface area contributed by atoms with Crippen LogP contribution in [0.3, 0.4) is 0 Å². The number of guanidine groups is 1. The van der Waals surface area contributed by atoms with Crippen LogP contribution in [0, 0.1) is 0 Å². The van der Waals surface area contributed by atoms with Crippen molar-refractivity contribution in [1.82, 2.24) is 15.5 Å². The summed E-state index contributed by atoms with van der Waals surface area (Å²) < 4.78 is 0. The standard InChI is InChI=1S/C22H27ClN4OS.HI/c1-24-22(25-12-14-29-20-10-8-19(23)9-11-20)26-15-17-4-6-18(7-5-17)16-27-13-2-3-21(27)28;/h4-11H,2-3,12-16H2,1H3,(H2,24,25,26);1H. The van der Waals surface area contributed by atoms with Crippen molar-refractivity contribution < 1.29 is 4.79 Å². The van der Waals surface area contributed by atoms with Crippen LogP contribution in [0.15, 0.2) is 58.4 Å². The Bertz CT molecular complexity index is 830. The molecule has 0 aliphatic carbocycles. The third kappa shape index (κ3) is 8.00. The fraction of sp³-hybridized carbons (Fsp3) is 0.364. The second-order valence-electron chi connectivity index (χ2n) is 6.89. The minimum Gasteiger partial charge on any atom is -0.356 e. The van der Waals surface area contributed by atoms with Crippen molar-refractivity contribution in [2.24, 2.45) is 4.99 Å². The predicted molar refractivity (Wildman–Crippen MR) is 137 cm³/mol. The monoisotopic (exact) mass is 558 g/mol. The van der Waals surface area contributed by atoms with E-state index in [-0.39, 0.29) is 29.9 Å². The zero-order chi connectivity index (χ0) is 20.5. The van der Waals surface area contributed by atoms with Gasteiger partial charge in [0.05, 0.1) is 0 Å². The van der Waals surface area contributed by atoms with Gasteiger partial charge in [0, 0.05) is 55.3 Å². The number of likely N-dealkylation sites (tertiary alicyclic amines) is 1. The Morgan fingerprint density at radius 2 is 1.80 bits per heavy atom. The van der Waals surface area contributed by atoms with Crippen molar-refractivity contribution in [1.29, 1.82) is 0 Å². The number of hydrogen-bond acceptors (Lipinski definition) is 3. The molecule has 0 bridgehead atoms. The quantitative estimate of drug-likeness (QED) is 0.164. The maximum atomic E-state index is 11.7. The number of amides is 1. The zero-order valence-corrected chi connectivity index (χ0v) is 21.0. The van der Waals surface area contributed by atoms with Crippen molar-refractivity contribution >= 4 is 59.2 Å². The number of halogens is 2. The summed E-state index contributed by atoms with van der Waals surface area (Å²) in [6, 6.07) is 16.3. The molecule has 1 heterocycles. The largest absolute Gasteiger partial charge is 0.356 e. The van der Waals surface area contributed by atoms with Crippen molar-refractivity contribution in [3.8, 4) is 0 Å². The summed E-state index contributed by atoms with van der Waals surface area (Å²) in [5.41, 5.74) is 2.35. The highest BCUT2D eigenvalue weighted by Gasteiger charge is 2.19. The lowest BCUT2D eigenvalue weighted by Gasteiger charge is -2.16.